The van der Waals surface area contributed by atoms with Crippen LogP contribution in [0.25, 0.3) is 0 Å². The van der Waals surface area contributed by atoms with Crippen molar-refractivity contribution in [2.45, 2.75) is 6.61 Å². The highest BCUT2D eigenvalue weighted by Crippen LogP contribution is 1.99. The van der Waals surface area contributed by atoms with E-state index in [0.29, 0.717) is 11.0 Å². The average Bonchev–Trinajstić information content (AvgIpc) is 2.04. The predicted molar refractivity (Wildman–Crippen MR) is 39.9 cm³/mol. The van der Waals surface area contributed by atoms with Gasteiger partial charge in [0.05, 0.1) is 6.61 Å². The minimum absolute atomic E-state index is 0.274. The topological polar surface area (TPSA) is 40.5 Å². The van der Waals surface area contributed by atoms with Gasteiger partial charge in [0.15, 0.2) is 0 Å². The number of hydrogen-bond donors (Lipinski definition) is 2. The van der Waals surface area contributed by atoms with E-state index in [0.717, 1.165) is 7.48 Å². The van der Waals surface area contributed by atoms with Crippen LogP contribution in [0.5, 0.6) is 0 Å². The molecular formula is C7H7BFO2. The third kappa shape index (κ3) is 1.79. The van der Waals surface area contributed by atoms with Gasteiger partial charge in [-0.2, -0.15) is 0 Å². The first-order valence-corrected chi connectivity index (χ1v) is 3.14. The maximum Gasteiger partial charge on any atom is 0.327 e. The van der Waals surface area contributed by atoms with Gasteiger partial charge < -0.3 is 10.1 Å². The lowest BCUT2D eigenvalue weighted by molar-refractivity contribution is 0.282. The van der Waals surface area contributed by atoms with Crippen molar-refractivity contribution in [2.24, 2.45) is 0 Å². The monoisotopic (exact) mass is 153 g/mol. The number of halogens is 1. The van der Waals surface area contributed by atoms with Crippen LogP contribution in [0.2, 0.25) is 0 Å². The van der Waals surface area contributed by atoms with Gasteiger partial charge in [-0.25, -0.2) is 4.39 Å². The number of benzene rings is 1. The molecule has 1 rings (SSSR count). The fraction of sp³-hybridized carbons (Fsp3) is 0.143. The van der Waals surface area contributed by atoms with Gasteiger partial charge in [0.1, 0.15) is 5.82 Å². The third-order valence-electron chi connectivity index (χ3n) is 1.41. The van der Waals surface area contributed by atoms with Crippen LogP contribution in [0.15, 0.2) is 18.2 Å². The second-order valence-electron chi connectivity index (χ2n) is 2.13. The molecule has 4 heteroatoms. The molecular weight excluding hydrogens is 146 g/mol. The van der Waals surface area contributed by atoms with Gasteiger partial charge in [-0.05, 0) is 23.2 Å². The summed E-state index contributed by atoms with van der Waals surface area (Å²) in [5.41, 5.74) is 0.821. The predicted octanol–water partition coefficient (Wildman–Crippen LogP) is -0.445. The zero-order chi connectivity index (χ0) is 8.27. The van der Waals surface area contributed by atoms with Crippen LogP contribution < -0.4 is 5.46 Å². The van der Waals surface area contributed by atoms with Crippen LogP contribution in [0.1, 0.15) is 5.56 Å². The molecule has 0 spiro atoms. The molecule has 11 heavy (non-hydrogen) atoms. The molecule has 1 aromatic carbocycles. The zero-order valence-electron chi connectivity index (χ0n) is 5.79. The normalized spacial score (nSPS) is 9.73. The van der Waals surface area contributed by atoms with Crippen LogP contribution in [-0.2, 0) is 6.61 Å². The lowest BCUT2D eigenvalue weighted by Crippen LogP contribution is -2.19. The molecule has 0 aromatic heterocycles. The van der Waals surface area contributed by atoms with Crippen molar-refractivity contribution in [3.63, 3.8) is 0 Å². The van der Waals surface area contributed by atoms with E-state index in [2.05, 4.69) is 0 Å². The van der Waals surface area contributed by atoms with E-state index in [1.165, 1.54) is 18.2 Å². The van der Waals surface area contributed by atoms with Gasteiger partial charge in [0.25, 0.3) is 0 Å². The number of hydrogen-bond acceptors (Lipinski definition) is 2. The molecule has 0 bridgehead atoms. The molecule has 0 saturated heterocycles. The van der Waals surface area contributed by atoms with E-state index in [4.69, 9.17) is 10.1 Å². The van der Waals surface area contributed by atoms with Crippen molar-refractivity contribution < 1.29 is 14.5 Å². The number of aliphatic hydroxyl groups excluding tert-OH is 1. The van der Waals surface area contributed by atoms with Crippen molar-refractivity contribution in [3.8, 4) is 0 Å². The van der Waals surface area contributed by atoms with E-state index in [1.807, 2.05) is 0 Å². The van der Waals surface area contributed by atoms with Crippen LogP contribution in [-0.4, -0.2) is 17.6 Å². The summed E-state index contributed by atoms with van der Waals surface area (Å²) < 4.78 is 12.5. The number of aliphatic hydroxyl groups is 1. The Hall–Kier alpha value is -0.865. The number of rotatable bonds is 2. The van der Waals surface area contributed by atoms with Crippen molar-refractivity contribution in [3.05, 3.63) is 29.6 Å². The molecule has 0 atom stereocenters. The van der Waals surface area contributed by atoms with Gasteiger partial charge in [-0.15, -0.1) is 0 Å². The average molecular weight is 153 g/mol. The molecule has 2 nitrogen and oxygen atoms in total. The summed E-state index contributed by atoms with van der Waals surface area (Å²) in [6, 6.07) is 3.81. The van der Waals surface area contributed by atoms with Crippen molar-refractivity contribution in [1.82, 2.24) is 0 Å². The quantitative estimate of drug-likeness (QED) is 0.565. The van der Waals surface area contributed by atoms with E-state index in [1.54, 1.807) is 0 Å². The second kappa shape index (κ2) is 3.50. The Morgan fingerprint density at radius 1 is 1.45 bits per heavy atom. The molecule has 1 aromatic rings. The molecule has 0 unspecified atom stereocenters. The van der Waals surface area contributed by atoms with Gasteiger partial charge in [-0.1, -0.05) is 6.07 Å². The van der Waals surface area contributed by atoms with E-state index >= 15 is 0 Å². The largest absolute Gasteiger partial charge is 0.450 e. The van der Waals surface area contributed by atoms with E-state index < -0.39 is 5.82 Å². The standard InChI is InChI=1S/C7H7BFO2/c9-6-1-2-7(8-11)5(3-6)4-10/h1-3,10-11H,4H2. The Kier molecular flexibility index (Phi) is 2.62. The first-order chi connectivity index (χ1) is 5.27. The van der Waals surface area contributed by atoms with Crippen molar-refractivity contribution >= 4 is 12.9 Å². The second-order valence-corrected chi connectivity index (χ2v) is 2.13. The summed E-state index contributed by atoms with van der Waals surface area (Å²) in [5, 5.41) is 17.3. The van der Waals surface area contributed by atoms with E-state index in [9.17, 15) is 4.39 Å². The molecule has 57 valence electrons. The summed E-state index contributed by atoms with van der Waals surface area (Å²) in [6.07, 6.45) is 0. The molecule has 0 heterocycles. The lowest BCUT2D eigenvalue weighted by Gasteiger charge is -2.01. The highest BCUT2D eigenvalue weighted by molar-refractivity contribution is 6.46. The highest BCUT2D eigenvalue weighted by Gasteiger charge is 2.02. The van der Waals surface area contributed by atoms with Crippen molar-refractivity contribution in [2.75, 3.05) is 0 Å². The molecule has 0 amide bonds. The Bertz CT molecular complexity index is 252. The van der Waals surface area contributed by atoms with Gasteiger partial charge >= 0.3 is 7.48 Å². The summed E-state index contributed by atoms with van der Waals surface area (Å²) in [6.45, 7) is -0.274. The minimum atomic E-state index is -0.417. The van der Waals surface area contributed by atoms with Crippen LogP contribution in [0, 0.1) is 5.82 Å². The molecule has 1 radical (unpaired) electrons. The third-order valence-corrected chi connectivity index (χ3v) is 1.41. The molecule has 0 saturated carbocycles. The molecule has 2 N–H and O–H groups in total. The molecule has 0 aliphatic carbocycles. The minimum Gasteiger partial charge on any atom is -0.450 e. The van der Waals surface area contributed by atoms with E-state index in [-0.39, 0.29) is 6.61 Å². The fourth-order valence-electron chi connectivity index (χ4n) is 0.837. The van der Waals surface area contributed by atoms with Crippen LogP contribution in [0.4, 0.5) is 4.39 Å². The van der Waals surface area contributed by atoms with Gasteiger partial charge in [0.2, 0.25) is 0 Å². The summed E-state index contributed by atoms with van der Waals surface area (Å²) in [7, 11) is 0.838. The molecule has 0 aliphatic rings. The zero-order valence-corrected chi connectivity index (χ0v) is 5.79. The SMILES string of the molecule is O[B]c1ccc(F)cc1CO. The fourth-order valence-corrected chi connectivity index (χ4v) is 0.837. The maximum atomic E-state index is 12.5. The molecule has 0 fully saturated rings. The Morgan fingerprint density at radius 2 is 2.18 bits per heavy atom. The summed E-state index contributed by atoms with van der Waals surface area (Å²) in [5.74, 6) is -0.417. The van der Waals surface area contributed by atoms with Crippen LogP contribution in [0.3, 0.4) is 0 Å². The summed E-state index contributed by atoms with van der Waals surface area (Å²) in [4.78, 5) is 0. The Labute approximate surface area is 64.6 Å². The molecule has 0 aliphatic heterocycles. The first kappa shape index (κ1) is 8.23. The summed E-state index contributed by atoms with van der Waals surface area (Å²) >= 11 is 0. The van der Waals surface area contributed by atoms with Crippen molar-refractivity contribution in [1.29, 1.82) is 0 Å². The van der Waals surface area contributed by atoms with Gasteiger partial charge in [-0.3, -0.25) is 0 Å². The first-order valence-electron chi connectivity index (χ1n) is 3.14. The Balaban J connectivity index is 3.06. The maximum absolute atomic E-state index is 12.5. The van der Waals surface area contributed by atoms with Crippen LogP contribution >= 0.6 is 0 Å². The smallest absolute Gasteiger partial charge is 0.327 e. The lowest BCUT2D eigenvalue weighted by atomic mass is 9.84. The van der Waals surface area contributed by atoms with Gasteiger partial charge in [0, 0.05) is 0 Å². The Morgan fingerprint density at radius 3 is 2.73 bits per heavy atom. The highest BCUT2D eigenvalue weighted by atomic mass is 19.1.